The van der Waals surface area contributed by atoms with E-state index in [9.17, 15) is 18.4 Å². The average Bonchev–Trinajstić information content (AvgIpc) is 2.17. The van der Waals surface area contributed by atoms with Gasteiger partial charge in [-0.05, 0) is 6.92 Å². The summed E-state index contributed by atoms with van der Waals surface area (Å²) in [6, 6.07) is 0. The van der Waals surface area contributed by atoms with Gasteiger partial charge in [-0.3, -0.25) is 4.79 Å². The molecular weight excluding hydrogens is 222 g/mol. The highest BCUT2D eigenvalue weighted by molar-refractivity contribution is 5.95. The van der Waals surface area contributed by atoms with Crippen molar-refractivity contribution in [3.05, 3.63) is 27.7 Å². The second-order valence-electron chi connectivity index (χ2n) is 2.88. The van der Waals surface area contributed by atoms with Gasteiger partial charge in [0.05, 0.1) is 17.9 Å². The van der Waals surface area contributed by atoms with Gasteiger partial charge in [0, 0.05) is 6.20 Å². The molecule has 0 saturated heterocycles. The Morgan fingerprint density at radius 3 is 2.75 bits per heavy atom. The number of nitrogens with one attached hydrogen (secondary N) is 1. The Balaban J connectivity index is 3.32. The van der Waals surface area contributed by atoms with Gasteiger partial charge in [0.15, 0.2) is 0 Å². The summed E-state index contributed by atoms with van der Waals surface area (Å²) in [6.45, 7) is 1.55. The lowest BCUT2D eigenvalue weighted by molar-refractivity contribution is 0.0525. The number of esters is 1. The summed E-state index contributed by atoms with van der Waals surface area (Å²) in [6.07, 6.45) is -2.09. The molecule has 0 spiro atoms. The van der Waals surface area contributed by atoms with Crippen molar-refractivity contribution in [3.63, 3.8) is 0 Å². The Labute approximate surface area is 89.2 Å². The number of nitrogen functional groups attached to an aromatic ring is 1. The molecule has 3 N–H and O–H groups in total. The molecule has 0 aliphatic rings. The number of carbonyl (C=O) groups is 1. The second-order valence-corrected chi connectivity index (χ2v) is 2.88. The maximum atomic E-state index is 12.4. The summed E-state index contributed by atoms with van der Waals surface area (Å²) in [4.78, 5) is 24.6. The number of rotatable bonds is 3. The standard InChI is InChI=1S/C9H10F2N2O3/c1-2-16-9(15)5-6(12)4(7(10)11)3-13-8(5)14/h3,7H,2H2,1H3,(H3,12,13,14). The fourth-order valence-corrected chi connectivity index (χ4v) is 1.15. The van der Waals surface area contributed by atoms with Crippen molar-refractivity contribution in [2.45, 2.75) is 13.3 Å². The largest absolute Gasteiger partial charge is 0.462 e. The van der Waals surface area contributed by atoms with Gasteiger partial charge < -0.3 is 15.5 Å². The van der Waals surface area contributed by atoms with E-state index in [-0.39, 0.29) is 6.61 Å². The summed E-state index contributed by atoms with van der Waals surface area (Å²) in [5.41, 5.74) is 2.75. The van der Waals surface area contributed by atoms with Gasteiger partial charge in [0.1, 0.15) is 5.56 Å². The van der Waals surface area contributed by atoms with Crippen LogP contribution in [-0.4, -0.2) is 17.6 Å². The van der Waals surface area contributed by atoms with Gasteiger partial charge in [-0.1, -0.05) is 0 Å². The molecule has 0 bridgehead atoms. The number of ether oxygens (including phenoxy) is 1. The minimum Gasteiger partial charge on any atom is -0.462 e. The molecule has 0 atom stereocenters. The van der Waals surface area contributed by atoms with Crippen LogP contribution in [0.3, 0.4) is 0 Å². The third-order valence-corrected chi connectivity index (χ3v) is 1.88. The van der Waals surface area contributed by atoms with Crippen LogP contribution in [0.15, 0.2) is 11.0 Å². The zero-order valence-electron chi connectivity index (χ0n) is 8.42. The van der Waals surface area contributed by atoms with E-state index in [1.54, 1.807) is 0 Å². The van der Waals surface area contributed by atoms with Gasteiger partial charge in [-0.25, -0.2) is 13.6 Å². The molecule has 0 aliphatic heterocycles. The maximum Gasteiger partial charge on any atom is 0.345 e. The lowest BCUT2D eigenvalue weighted by Crippen LogP contribution is -2.23. The molecule has 0 aromatic carbocycles. The highest BCUT2D eigenvalue weighted by atomic mass is 19.3. The lowest BCUT2D eigenvalue weighted by Gasteiger charge is -2.08. The normalized spacial score (nSPS) is 10.5. The summed E-state index contributed by atoms with van der Waals surface area (Å²) < 4.78 is 29.4. The Morgan fingerprint density at radius 2 is 2.25 bits per heavy atom. The third kappa shape index (κ3) is 2.18. The Hall–Kier alpha value is -1.92. The number of halogens is 2. The number of H-pyrrole nitrogens is 1. The van der Waals surface area contributed by atoms with Crippen LogP contribution in [0, 0.1) is 0 Å². The number of alkyl halides is 2. The average molecular weight is 232 g/mol. The van der Waals surface area contributed by atoms with Crippen molar-refractivity contribution in [2.75, 3.05) is 12.3 Å². The van der Waals surface area contributed by atoms with Crippen molar-refractivity contribution < 1.29 is 18.3 Å². The topological polar surface area (TPSA) is 85.2 Å². The summed E-state index contributed by atoms with van der Waals surface area (Å²) in [5.74, 6) is -1.01. The van der Waals surface area contributed by atoms with Crippen LogP contribution in [0.4, 0.5) is 14.5 Å². The van der Waals surface area contributed by atoms with Crippen LogP contribution in [-0.2, 0) is 4.74 Å². The minimum absolute atomic E-state index is 0.0244. The van der Waals surface area contributed by atoms with Crippen LogP contribution in [0.25, 0.3) is 0 Å². The number of carbonyl (C=O) groups excluding carboxylic acids is 1. The molecule has 1 aromatic rings. The first-order valence-corrected chi connectivity index (χ1v) is 4.45. The van der Waals surface area contributed by atoms with Gasteiger partial charge in [-0.2, -0.15) is 0 Å². The molecule has 0 saturated carbocycles. The number of anilines is 1. The van der Waals surface area contributed by atoms with E-state index in [1.165, 1.54) is 6.92 Å². The molecule has 1 aromatic heterocycles. The molecule has 1 heterocycles. The van der Waals surface area contributed by atoms with Crippen molar-refractivity contribution in [1.82, 2.24) is 4.98 Å². The minimum atomic E-state index is -2.87. The summed E-state index contributed by atoms with van der Waals surface area (Å²) in [7, 11) is 0. The molecule has 0 fully saturated rings. The molecule has 0 unspecified atom stereocenters. The van der Waals surface area contributed by atoms with Crippen molar-refractivity contribution in [1.29, 1.82) is 0 Å². The van der Waals surface area contributed by atoms with Gasteiger partial charge in [0.25, 0.3) is 12.0 Å². The molecule has 0 amide bonds. The number of hydrogen-bond donors (Lipinski definition) is 2. The Morgan fingerprint density at radius 1 is 1.62 bits per heavy atom. The molecule has 0 aliphatic carbocycles. The van der Waals surface area contributed by atoms with Crippen LogP contribution >= 0.6 is 0 Å². The first kappa shape index (κ1) is 12.2. The third-order valence-electron chi connectivity index (χ3n) is 1.88. The molecule has 1 rings (SSSR count). The molecule has 5 nitrogen and oxygen atoms in total. The van der Waals surface area contributed by atoms with E-state index < -0.39 is 34.8 Å². The first-order chi connectivity index (χ1) is 7.49. The maximum absolute atomic E-state index is 12.4. The highest BCUT2D eigenvalue weighted by Crippen LogP contribution is 2.25. The SMILES string of the molecule is CCOC(=O)c1c(N)c(C(F)F)c[nH]c1=O. The zero-order valence-corrected chi connectivity index (χ0v) is 8.42. The summed E-state index contributed by atoms with van der Waals surface area (Å²) >= 11 is 0. The zero-order chi connectivity index (χ0) is 12.3. The number of nitrogens with two attached hydrogens (primary N) is 1. The van der Waals surface area contributed by atoms with Crippen LogP contribution in [0.1, 0.15) is 29.3 Å². The van der Waals surface area contributed by atoms with E-state index in [1.807, 2.05) is 4.98 Å². The van der Waals surface area contributed by atoms with Crippen molar-refractivity contribution >= 4 is 11.7 Å². The smallest absolute Gasteiger partial charge is 0.345 e. The molecular formula is C9H10F2N2O3. The van der Waals surface area contributed by atoms with Gasteiger partial charge in [-0.15, -0.1) is 0 Å². The fourth-order valence-electron chi connectivity index (χ4n) is 1.15. The first-order valence-electron chi connectivity index (χ1n) is 4.45. The number of pyridine rings is 1. The van der Waals surface area contributed by atoms with E-state index in [2.05, 4.69) is 4.74 Å². The van der Waals surface area contributed by atoms with Crippen molar-refractivity contribution in [2.24, 2.45) is 0 Å². The van der Waals surface area contributed by atoms with Crippen LogP contribution in [0.5, 0.6) is 0 Å². The second kappa shape index (κ2) is 4.73. The number of hydrogen-bond acceptors (Lipinski definition) is 4. The van der Waals surface area contributed by atoms with Crippen molar-refractivity contribution in [3.8, 4) is 0 Å². The molecule has 88 valence electrons. The van der Waals surface area contributed by atoms with E-state index in [4.69, 9.17) is 5.73 Å². The summed E-state index contributed by atoms with van der Waals surface area (Å²) in [5, 5.41) is 0. The number of aromatic nitrogens is 1. The van der Waals surface area contributed by atoms with Gasteiger partial charge in [0.2, 0.25) is 0 Å². The predicted octanol–water partition coefficient (Wildman–Crippen LogP) is 1.07. The fraction of sp³-hybridized carbons (Fsp3) is 0.333. The predicted molar refractivity (Wildman–Crippen MR) is 52.4 cm³/mol. The van der Waals surface area contributed by atoms with E-state index in [0.717, 1.165) is 6.20 Å². The lowest BCUT2D eigenvalue weighted by atomic mass is 10.1. The van der Waals surface area contributed by atoms with Crippen LogP contribution < -0.4 is 11.3 Å². The van der Waals surface area contributed by atoms with Crippen LogP contribution in [0.2, 0.25) is 0 Å². The van der Waals surface area contributed by atoms with E-state index in [0.29, 0.717) is 0 Å². The Kier molecular flexibility index (Phi) is 3.60. The van der Waals surface area contributed by atoms with E-state index >= 15 is 0 Å². The Bertz CT molecular complexity index is 457. The highest BCUT2D eigenvalue weighted by Gasteiger charge is 2.22. The monoisotopic (exact) mass is 232 g/mol. The van der Waals surface area contributed by atoms with Gasteiger partial charge >= 0.3 is 5.97 Å². The number of aromatic amines is 1. The molecule has 0 radical (unpaired) electrons. The molecule has 16 heavy (non-hydrogen) atoms. The quantitative estimate of drug-likeness (QED) is 0.763. The molecule has 7 heteroatoms.